The number of aromatic nitrogens is 3. The van der Waals surface area contributed by atoms with Crippen molar-refractivity contribution in [2.24, 2.45) is 0 Å². The summed E-state index contributed by atoms with van der Waals surface area (Å²) in [5.74, 6) is 1.03. The Morgan fingerprint density at radius 3 is 2.74 bits per heavy atom. The quantitative estimate of drug-likeness (QED) is 0.781. The second-order valence-corrected chi connectivity index (χ2v) is 5.44. The van der Waals surface area contributed by atoms with Gasteiger partial charge in [-0.1, -0.05) is 5.16 Å². The Kier molecular flexibility index (Phi) is 4.01. The minimum atomic E-state index is -0.292. The van der Waals surface area contributed by atoms with Crippen LogP contribution in [0.4, 0.5) is 0 Å². The number of aryl methyl sites for hydroxylation is 3. The van der Waals surface area contributed by atoms with E-state index in [9.17, 15) is 4.79 Å². The number of nitrogens with zero attached hydrogens (tertiary/aromatic N) is 3. The van der Waals surface area contributed by atoms with Gasteiger partial charge in [0.25, 0.3) is 5.91 Å². The van der Waals surface area contributed by atoms with Gasteiger partial charge in [0.2, 0.25) is 0 Å². The summed E-state index contributed by atoms with van der Waals surface area (Å²) in [6, 6.07) is 7.04. The van der Waals surface area contributed by atoms with E-state index < -0.39 is 0 Å². The average molecular weight is 314 g/mol. The molecule has 0 spiro atoms. The molecule has 1 unspecified atom stereocenters. The lowest BCUT2D eigenvalue weighted by molar-refractivity contribution is 0.0939. The molecule has 3 aromatic rings. The third-order valence-corrected chi connectivity index (χ3v) is 3.53. The predicted molar refractivity (Wildman–Crippen MR) is 82.1 cm³/mol. The third-order valence-electron chi connectivity index (χ3n) is 3.53. The molecule has 0 saturated carbocycles. The summed E-state index contributed by atoms with van der Waals surface area (Å²) < 4.78 is 12.3. The van der Waals surface area contributed by atoms with Crippen LogP contribution >= 0.6 is 0 Å². The molecule has 7 nitrogen and oxygen atoms in total. The zero-order valence-electron chi connectivity index (χ0n) is 13.2. The minimum absolute atomic E-state index is 0.226. The summed E-state index contributed by atoms with van der Waals surface area (Å²) in [4.78, 5) is 12.2. The second kappa shape index (κ2) is 6.12. The van der Waals surface area contributed by atoms with Crippen LogP contribution in [0.5, 0.6) is 0 Å². The Labute approximate surface area is 133 Å². The summed E-state index contributed by atoms with van der Waals surface area (Å²) in [7, 11) is 0. The first kappa shape index (κ1) is 15.1. The maximum Gasteiger partial charge on any atom is 0.273 e. The summed E-state index contributed by atoms with van der Waals surface area (Å²) in [6.45, 7) is 5.98. The molecular formula is C16H18N4O3. The van der Waals surface area contributed by atoms with Crippen LogP contribution < -0.4 is 5.32 Å². The standard InChI is InChI=1S/C16H18N4O3/c1-10-7-11(2)20(18-10)14(15-5-4-6-22-15)9-17-16(21)13-8-12(3)23-19-13/h4-8,14H,9H2,1-3H3,(H,17,21). The molecule has 3 rings (SSSR count). The number of hydrogen-bond acceptors (Lipinski definition) is 5. The van der Waals surface area contributed by atoms with Crippen molar-refractivity contribution in [1.29, 1.82) is 0 Å². The topological polar surface area (TPSA) is 86.1 Å². The number of furan rings is 1. The molecule has 0 radical (unpaired) electrons. The molecule has 1 amide bonds. The number of nitrogens with one attached hydrogen (secondary N) is 1. The molecule has 3 aromatic heterocycles. The predicted octanol–water partition coefficient (Wildman–Crippen LogP) is 2.41. The van der Waals surface area contributed by atoms with E-state index in [4.69, 9.17) is 8.94 Å². The zero-order chi connectivity index (χ0) is 16.4. The van der Waals surface area contributed by atoms with Crippen LogP contribution in [-0.2, 0) is 0 Å². The van der Waals surface area contributed by atoms with E-state index in [0.29, 0.717) is 12.3 Å². The van der Waals surface area contributed by atoms with Crippen molar-refractivity contribution in [1.82, 2.24) is 20.3 Å². The van der Waals surface area contributed by atoms with Crippen molar-refractivity contribution in [2.75, 3.05) is 6.54 Å². The molecule has 0 aliphatic carbocycles. The molecule has 7 heteroatoms. The first-order valence-corrected chi connectivity index (χ1v) is 7.32. The summed E-state index contributed by atoms with van der Waals surface area (Å²) in [5, 5.41) is 11.1. The molecule has 120 valence electrons. The Hall–Kier alpha value is -2.83. The first-order chi connectivity index (χ1) is 11.0. The van der Waals surface area contributed by atoms with Gasteiger partial charge in [-0.05, 0) is 39.0 Å². The van der Waals surface area contributed by atoms with E-state index in [1.807, 2.05) is 36.7 Å². The van der Waals surface area contributed by atoms with E-state index in [1.54, 1.807) is 19.3 Å². The Morgan fingerprint density at radius 1 is 1.35 bits per heavy atom. The lowest BCUT2D eigenvalue weighted by Crippen LogP contribution is -2.32. The molecule has 0 aliphatic rings. The third kappa shape index (κ3) is 3.18. The fourth-order valence-corrected chi connectivity index (χ4v) is 2.50. The molecule has 0 bridgehead atoms. The number of hydrogen-bond donors (Lipinski definition) is 1. The highest BCUT2D eigenvalue weighted by molar-refractivity contribution is 5.92. The Bertz CT molecular complexity index is 801. The van der Waals surface area contributed by atoms with Gasteiger partial charge in [-0.15, -0.1) is 0 Å². The van der Waals surface area contributed by atoms with Gasteiger partial charge in [-0.2, -0.15) is 5.10 Å². The van der Waals surface area contributed by atoms with E-state index >= 15 is 0 Å². The molecule has 0 aromatic carbocycles. The Balaban J connectivity index is 1.80. The number of carbonyl (C=O) groups is 1. The fraction of sp³-hybridized carbons (Fsp3) is 0.312. The van der Waals surface area contributed by atoms with Crippen molar-refractivity contribution < 1.29 is 13.7 Å². The Morgan fingerprint density at radius 2 is 2.17 bits per heavy atom. The molecule has 1 N–H and O–H groups in total. The number of carbonyl (C=O) groups excluding carboxylic acids is 1. The summed E-state index contributed by atoms with van der Waals surface area (Å²) in [6.07, 6.45) is 1.61. The molecule has 0 saturated heterocycles. The van der Waals surface area contributed by atoms with E-state index in [1.165, 1.54) is 0 Å². The summed E-state index contributed by atoms with van der Waals surface area (Å²) in [5.41, 5.74) is 2.17. The van der Waals surface area contributed by atoms with Crippen LogP contribution in [0.1, 0.15) is 39.4 Å². The van der Waals surface area contributed by atoms with Crippen molar-refractivity contribution in [3.63, 3.8) is 0 Å². The van der Waals surface area contributed by atoms with E-state index in [-0.39, 0.29) is 17.6 Å². The van der Waals surface area contributed by atoms with Crippen LogP contribution in [0.25, 0.3) is 0 Å². The monoisotopic (exact) mass is 314 g/mol. The second-order valence-electron chi connectivity index (χ2n) is 5.44. The van der Waals surface area contributed by atoms with Gasteiger partial charge < -0.3 is 14.3 Å². The SMILES string of the molecule is Cc1cc(C)n(C(CNC(=O)c2cc(C)on2)c2ccco2)n1. The van der Waals surface area contributed by atoms with Gasteiger partial charge in [-0.3, -0.25) is 9.48 Å². The van der Waals surface area contributed by atoms with Gasteiger partial charge in [-0.25, -0.2) is 0 Å². The molecular weight excluding hydrogens is 296 g/mol. The lowest BCUT2D eigenvalue weighted by Gasteiger charge is -2.17. The summed E-state index contributed by atoms with van der Waals surface area (Å²) >= 11 is 0. The van der Waals surface area contributed by atoms with Crippen LogP contribution in [0.15, 0.2) is 39.5 Å². The highest BCUT2D eigenvalue weighted by Gasteiger charge is 2.21. The molecule has 0 aliphatic heterocycles. The van der Waals surface area contributed by atoms with Crippen LogP contribution in [-0.4, -0.2) is 27.4 Å². The molecule has 3 heterocycles. The van der Waals surface area contributed by atoms with E-state index in [0.717, 1.165) is 17.1 Å². The van der Waals surface area contributed by atoms with Crippen LogP contribution in [0.2, 0.25) is 0 Å². The van der Waals surface area contributed by atoms with Crippen molar-refractivity contribution in [2.45, 2.75) is 26.8 Å². The average Bonchev–Trinajstić information content (AvgIpc) is 3.22. The highest BCUT2D eigenvalue weighted by Crippen LogP contribution is 2.20. The smallest absolute Gasteiger partial charge is 0.273 e. The lowest BCUT2D eigenvalue weighted by atomic mass is 10.2. The van der Waals surface area contributed by atoms with Gasteiger partial charge in [0.05, 0.1) is 12.0 Å². The molecule has 1 atom stereocenters. The van der Waals surface area contributed by atoms with Gasteiger partial charge in [0.15, 0.2) is 5.69 Å². The number of rotatable bonds is 5. The maximum atomic E-state index is 12.2. The van der Waals surface area contributed by atoms with Gasteiger partial charge in [0, 0.05) is 18.3 Å². The van der Waals surface area contributed by atoms with Crippen molar-refractivity contribution >= 4 is 5.91 Å². The van der Waals surface area contributed by atoms with Crippen LogP contribution in [0, 0.1) is 20.8 Å². The normalized spacial score (nSPS) is 12.3. The molecule has 23 heavy (non-hydrogen) atoms. The molecule has 0 fully saturated rings. The largest absolute Gasteiger partial charge is 0.467 e. The van der Waals surface area contributed by atoms with Crippen molar-refractivity contribution in [3.05, 3.63) is 59.1 Å². The zero-order valence-corrected chi connectivity index (χ0v) is 13.2. The fourth-order valence-electron chi connectivity index (χ4n) is 2.50. The first-order valence-electron chi connectivity index (χ1n) is 7.32. The van der Waals surface area contributed by atoms with Gasteiger partial charge >= 0.3 is 0 Å². The maximum absolute atomic E-state index is 12.2. The van der Waals surface area contributed by atoms with Gasteiger partial charge in [0.1, 0.15) is 17.6 Å². The minimum Gasteiger partial charge on any atom is -0.467 e. The number of amides is 1. The highest BCUT2D eigenvalue weighted by atomic mass is 16.5. The van der Waals surface area contributed by atoms with E-state index in [2.05, 4.69) is 15.6 Å². The van der Waals surface area contributed by atoms with Crippen LogP contribution in [0.3, 0.4) is 0 Å². The van der Waals surface area contributed by atoms with Crippen molar-refractivity contribution in [3.8, 4) is 0 Å².